The van der Waals surface area contributed by atoms with Gasteiger partial charge in [-0.15, -0.1) is 11.3 Å². The summed E-state index contributed by atoms with van der Waals surface area (Å²) in [5.41, 5.74) is 1.81. The molecule has 1 aromatic heterocycles. The number of carbonyl (C=O) groups is 2. The number of anilines is 1. The summed E-state index contributed by atoms with van der Waals surface area (Å²) < 4.78 is 13.8. The maximum atomic E-state index is 13.8. The van der Waals surface area contributed by atoms with Crippen LogP contribution in [0.4, 0.5) is 9.52 Å². The first-order valence-electron chi connectivity index (χ1n) is 11.1. The first-order valence-corrected chi connectivity index (χ1v) is 12.0. The predicted molar refractivity (Wildman–Crippen MR) is 128 cm³/mol. The summed E-state index contributed by atoms with van der Waals surface area (Å²) >= 11 is 1.21. The Morgan fingerprint density at radius 1 is 1.09 bits per heavy atom. The molecule has 1 unspecified atom stereocenters. The summed E-state index contributed by atoms with van der Waals surface area (Å²) in [7, 11) is 0. The second-order valence-electron chi connectivity index (χ2n) is 8.16. The molecule has 0 spiro atoms. The number of aromatic nitrogens is 1. The number of thiazole rings is 1. The number of likely N-dealkylation sites (tertiary alicyclic amines) is 1. The number of carbonyl (C=O) groups excluding carboxylic acids is 2. The molecule has 8 heteroatoms. The second kappa shape index (κ2) is 11.2. The van der Waals surface area contributed by atoms with Crippen LogP contribution in [0.25, 0.3) is 0 Å². The third-order valence-corrected chi connectivity index (χ3v) is 6.55. The molecule has 2 aromatic carbocycles. The molecule has 2 amide bonds. The third kappa shape index (κ3) is 6.46. The summed E-state index contributed by atoms with van der Waals surface area (Å²) in [6, 6.07) is 16.5. The lowest BCUT2D eigenvalue weighted by Crippen LogP contribution is -2.46. The summed E-state index contributed by atoms with van der Waals surface area (Å²) in [4.78, 5) is 31.5. The van der Waals surface area contributed by atoms with Crippen molar-refractivity contribution in [2.75, 3.05) is 18.4 Å². The second-order valence-corrected chi connectivity index (χ2v) is 9.02. The van der Waals surface area contributed by atoms with E-state index in [9.17, 15) is 14.0 Å². The fourth-order valence-electron chi connectivity index (χ4n) is 4.03. The summed E-state index contributed by atoms with van der Waals surface area (Å²) in [6.45, 7) is 2.53. The molecule has 0 saturated carbocycles. The average molecular weight is 467 g/mol. The highest BCUT2D eigenvalue weighted by molar-refractivity contribution is 7.14. The normalized spacial score (nSPS) is 16.3. The molecule has 0 bridgehead atoms. The number of nitrogens with one attached hydrogen (secondary N) is 2. The fourth-order valence-corrected chi connectivity index (χ4v) is 4.74. The maximum Gasteiger partial charge on any atom is 0.260 e. The Bertz CT molecular complexity index is 1090. The van der Waals surface area contributed by atoms with Crippen LogP contribution in [-0.2, 0) is 17.8 Å². The first kappa shape index (κ1) is 23.1. The number of nitrogens with zero attached hydrogens (tertiary/aromatic N) is 2. The maximum absolute atomic E-state index is 13.8. The molecule has 1 aliphatic heterocycles. The van der Waals surface area contributed by atoms with Gasteiger partial charge in [0.15, 0.2) is 5.13 Å². The Kier molecular flexibility index (Phi) is 7.80. The van der Waals surface area contributed by atoms with Crippen molar-refractivity contribution in [3.63, 3.8) is 0 Å². The highest BCUT2D eigenvalue weighted by atomic mass is 32.1. The molecular formula is C25H27FN4O2S. The van der Waals surface area contributed by atoms with Gasteiger partial charge in [-0.2, -0.15) is 0 Å². The number of benzene rings is 2. The SMILES string of the molecule is O=C(Cc1csc(NC(=O)c2ccccc2F)n1)NCC1CCCCN1Cc1ccccc1. The van der Waals surface area contributed by atoms with Crippen LogP contribution in [0.3, 0.4) is 0 Å². The average Bonchev–Trinajstić information content (AvgIpc) is 3.26. The van der Waals surface area contributed by atoms with Crippen LogP contribution in [0.15, 0.2) is 60.0 Å². The number of amides is 2. The third-order valence-electron chi connectivity index (χ3n) is 5.74. The lowest BCUT2D eigenvalue weighted by Gasteiger charge is -2.35. The highest BCUT2D eigenvalue weighted by Gasteiger charge is 2.23. The van der Waals surface area contributed by atoms with E-state index in [-0.39, 0.29) is 17.9 Å². The Morgan fingerprint density at radius 2 is 1.88 bits per heavy atom. The molecule has 2 heterocycles. The van der Waals surface area contributed by atoms with Crippen LogP contribution in [0.5, 0.6) is 0 Å². The molecule has 1 atom stereocenters. The van der Waals surface area contributed by atoms with Crippen molar-refractivity contribution in [2.24, 2.45) is 0 Å². The molecule has 1 saturated heterocycles. The van der Waals surface area contributed by atoms with Gasteiger partial charge in [0.05, 0.1) is 17.7 Å². The van der Waals surface area contributed by atoms with E-state index in [0.717, 1.165) is 19.5 Å². The van der Waals surface area contributed by atoms with Crippen molar-refractivity contribution in [1.82, 2.24) is 15.2 Å². The molecule has 1 aliphatic rings. The number of piperidine rings is 1. The fraction of sp³-hybridized carbons (Fsp3) is 0.320. The van der Waals surface area contributed by atoms with Crippen molar-refractivity contribution in [2.45, 2.75) is 38.3 Å². The zero-order valence-corrected chi connectivity index (χ0v) is 19.1. The van der Waals surface area contributed by atoms with Crippen molar-refractivity contribution >= 4 is 28.3 Å². The summed E-state index contributed by atoms with van der Waals surface area (Å²) in [5.74, 6) is -1.25. The minimum atomic E-state index is -0.588. The number of hydrogen-bond acceptors (Lipinski definition) is 5. The molecule has 33 heavy (non-hydrogen) atoms. The van der Waals surface area contributed by atoms with Crippen molar-refractivity contribution < 1.29 is 14.0 Å². The highest BCUT2D eigenvalue weighted by Crippen LogP contribution is 2.20. The van der Waals surface area contributed by atoms with E-state index in [4.69, 9.17) is 0 Å². The van der Waals surface area contributed by atoms with Gasteiger partial charge in [-0.1, -0.05) is 48.9 Å². The molecule has 4 rings (SSSR count). The van der Waals surface area contributed by atoms with Crippen molar-refractivity contribution in [1.29, 1.82) is 0 Å². The molecular weight excluding hydrogens is 439 g/mol. The number of hydrogen-bond donors (Lipinski definition) is 2. The van der Waals surface area contributed by atoms with Crippen LogP contribution < -0.4 is 10.6 Å². The quantitative estimate of drug-likeness (QED) is 0.521. The van der Waals surface area contributed by atoms with Gasteiger partial charge < -0.3 is 5.32 Å². The molecule has 3 aromatic rings. The number of halogens is 1. The van der Waals surface area contributed by atoms with Crippen LogP contribution in [0, 0.1) is 5.82 Å². The Hall–Kier alpha value is -3.10. The molecule has 6 nitrogen and oxygen atoms in total. The lowest BCUT2D eigenvalue weighted by molar-refractivity contribution is -0.120. The lowest BCUT2D eigenvalue weighted by atomic mass is 10.0. The van der Waals surface area contributed by atoms with E-state index in [2.05, 4.69) is 44.8 Å². The predicted octanol–water partition coefficient (Wildman–Crippen LogP) is 4.25. The smallest absolute Gasteiger partial charge is 0.260 e. The van der Waals surface area contributed by atoms with E-state index >= 15 is 0 Å². The minimum Gasteiger partial charge on any atom is -0.354 e. The monoisotopic (exact) mass is 466 g/mol. The van der Waals surface area contributed by atoms with Crippen LogP contribution in [-0.4, -0.2) is 40.8 Å². The van der Waals surface area contributed by atoms with Crippen molar-refractivity contribution in [3.05, 3.63) is 82.6 Å². The van der Waals surface area contributed by atoms with Gasteiger partial charge in [-0.3, -0.25) is 19.8 Å². The van der Waals surface area contributed by atoms with Crippen molar-refractivity contribution in [3.8, 4) is 0 Å². The molecule has 172 valence electrons. The first-order chi connectivity index (χ1) is 16.1. The zero-order valence-electron chi connectivity index (χ0n) is 18.3. The van der Waals surface area contributed by atoms with Crippen LogP contribution in [0.1, 0.15) is 40.9 Å². The van der Waals surface area contributed by atoms with Gasteiger partial charge in [0, 0.05) is 24.5 Å². The molecule has 0 radical (unpaired) electrons. The van der Waals surface area contributed by atoms with E-state index in [0.29, 0.717) is 23.4 Å². The zero-order chi connectivity index (χ0) is 23.0. The van der Waals surface area contributed by atoms with E-state index in [1.165, 1.54) is 47.9 Å². The molecule has 0 aliphatic carbocycles. The number of rotatable bonds is 8. The van der Waals surface area contributed by atoms with Gasteiger partial charge >= 0.3 is 0 Å². The standard InChI is InChI=1S/C25H27FN4O2S/c26-22-12-5-4-11-21(22)24(32)29-25-28-19(17-33-25)14-23(31)27-15-20-10-6-7-13-30(20)16-18-8-2-1-3-9-18/h1-5,8-9,11-12,17,20H,6-7,10,13-16H2,(H,27,31)(H,28,29,32). The minimum absolute atomic E-state index is 0.0421. The van der Waals surface area contributed by atoms with Gasteiger partial charge in [0.1, 0.15) is 5.82 Å². The van der Waals surface area contributed by atoms with Gasteiger partial charge in [0.2, 0.25) is 5.91 Å². The molecule has 2 N–H and O–H groups in total. The van der Waals surface area contributed by atoms with Gasteiger partial charge in [-0.05, 0) is 37.1 Å². The summed E-state index contributed by atoms with van der Waals surface area (Å²) in [6.07, 6.45) is 3.55. The topological polar surface area (TPSA) is 74.3 Å². The summed E-state index contributed by atoms with van der Waals surface area (Å²) in [5, 5.41) is 7.72. The largest absolute Gasteiger partial charge is 0.354 e. The van der Waals surface area contributed by atoms with E-state index < -0.39 is 11.7 Å². The van der Waals surface area contributed by atoms with Crippen LogP contribution >= 0.6 is 11.3 Å². The van der Waals surface area contributed by atoms with Crippen LogP contribution in [0.2, 0.25) is 0 Å². The van der Waals surface area contributed by atoms with Gasteiger partial charge in [-0.25, -0.2) is 9.37 Å². The Balaban J connectivity index is 1.27. The van der Waals surface area contributed by atoms with Gasteiger partial charge in [0.25, 0.3) is 5.91 Å². The Morgan fingerprint density at radius 3 is 2.70 bits per heavy atom. The van der Waals surface area contributed by atoms with E-state index in [1.807, 2.05) is 6.07 Å². The molecule has 1 fully saturated rings. The Labute approximate surface area is 196 Å². The van der Waals surface area contributed by atoms with E-state index in [1.54, 1.807) is 11.4 Å².